The number of likely N-dealkylation sites (tertiary alicyclic amines) is 1. The third kappa shape index (κ3) is 4.89. The number of carbonyl (C=O) groups is 2. The van der Waals surface area contributed by atoms with Gasteiger partial charge in [0.2, 0.25) is 5.91 Å². The van der Waals surface area contributed by atoms with Gasteiger partial charge in [-0.1, -0.05) is 23.7 Å². The zero-order valence-corrected chi connectivity index (χ0v) is 15.9. The second kappa shape index (κ2) is 8.84. The molecule has 154 valence electrons. The largest absolute Gasteiger partial charge is 0.378 e. The molecule has 1 fully saturated rings. The Balaban J connectivity index is 1.67. The van der Waals surface area contributed by atoms with E-state index in [2.05, 4.69) is 5.32 Å². The average molecular weight is 427 g/mol. The van der Waals surface area contributed by atoms with Crippen LogP contribution in [0.3, 0.4) is 0 Å². The van der Waals surface area contributed by atoms with Crippen LogP contribution in [0, 0.1) is 17.5 Å². The standard InChI is InChI=1S/C20H18ClF3N2O3/c21-12-4-6-14(16(24)8-12)18(27)19(28)25-17-2-1-7-26(20(17)29)10-11-3-5-13(22)9-15(11)23/h3-6,8-9,17-18,27H,1-2,7,10H2,(H,25,28)/t17-,18-/m0/s1. The van der Waals surface area contributed by atoms with Gasteiger partial charge in [-0.3, -0.25) is 9.59 Å². The first-order valence-electron chi connectivity index (χ1n) is 8.92. The molecular weight excluding hydrogens is 409 g/mol. The molecule has 0 aromatic heterocycles. The van der Waals surface area contributed by atoms with Gasteiger partial charge in [0.05, 0.1) is 0 Å². The highest BCUT2D eigenvalue weighted by Crippen LogP contribution is 2.22. The van der Waals surface area contributed by atoms with E-state index in [1.54, 1.807) is 0 Å². The minimum absolute atomic E-state index is 0.0777. The topological polar surface area (TPSA) is 69.6 Å². The third-order valence-electron chi connectivity index (χ3n) is 4.73. The van der Waals surface area contributed by atoms with Gasteiger partial charge in [-0.05, 0) is 31.0 Å². The molecule has 2 aromatic rings. The van der Waals surface area contributed by atoms with Gasteiger partial charge < -0.3 is 15.3 Å². The van der Waals surface area contributed by atoms with Crippen molar-refractivity contribution in [3.63, 3.8) is 0 Å². The van der Waals surface area contributed by atoms with Crippen molar-refractivity contribution in [2.75, 3.05) is 6.54 Å². The normalized spacial score (nSPS) is 17.9. The van der Waals surface area contributed by atoms with Gasteiger partial charge in [-0.15, -0.1) is 0 Å². The molecule has 29 heavy (non-hydrogen) atoms. The van der Waals surface area contributed by atoms with Crippen LogP contribution in [-0.4, -0.2) is 34.4 Å². The van der Waals surface area contributed by atoms with E-state index in [1.165, 1.54) is 23.1 Å². The van der Waals surface area contributed by atoms with E-state index < -0.39 is 41.4 Å². The molecule has 5 nitrogen and oxygen atoms in total. The van der Waals surface area contributed by atoms with Crippen molar-refractivity contribution in [2.24, 2.45) is 0 Å². The van der Waals surface area contributed by atoms with Crippen LogP contribution in [-0.2, 0) is 16.1 Å². The van der Waals surface area contributed by atoms with E-state index in [9.17, 15) is 27.9 Å². The lowest BCUT2D eigenvalue weighted by Gasteiger charge is -2.33. The van der Waals surface area contributed by atoms with E-state index in [-0.39, 0.29) is 22.7 Å². The number of hydrogen-bond donors (Lipinski definition) is 2. The Morgan fingerprint density at radius 3 is 2.66 bits per heavy atom. The first-order chi connectivity index (χ1) is 13.8. The Bertz CT molecular complexity index is 941. The number of piperidine rings is 1. The maximum absolute atomic E-state index is 13.9. The number of carbonyl (C=O) groups excluding carboxylic acids is 2. The van der Waals surface area contributed by atoms with E-state index in [4.69, 9.17) is 11.6 Å². The van der Waals surface area contributed by atoms with Crippen molar-refractivity contribution in [2.45, 2.75) is 31.5 Å². The van der Waals surface area contributed by atoms with Crippen LogP contribution in [0.25, 0.3) is 0 Å². The van der Waals surface area contributed by atoms with Crippen LogP contribution < -0.4 is 5.32 Å². The number of amides is 2. The number of nitrogens with zero attached hydrogens (tertiary/aromatic N) is 1. The molecule has 0 radical (unpaired) electrons. The van der Waals surface area contributed by atoms with Gasteiger partial charge in [-0.2, -0.15) is 0 Å². The fraction of sp³-hybridized carbons (Fsp3) is 0.300. The third-order valence-corrected chi connectivity index (χ3v) is 4.96. The lowest BCUT2D eigenvalue weighted by Crippen LogP contribution is -2.52. The molecule has 2 N–H and O–H groups in total. The summed E-state index contributed by atoms with van der Waals surface area (Å²) in [5, 5.41) is 12.7. The van der Waals surface area contributed by atoms with Crippen LogP contribution in [0.2, 0.25) is 5.02 Å². The van der Waals surface area contributed by atoms with Crippen molar-refractivity contribution < 1.29 is 27.9 Å². The molecule has 0 aliphatic carbocycles. The Morgan fingerprint density at radius 1 is 1.21 bits per heavy atom. The Kier molecular flexibility index (Phi) is 6.44. The van der Waals surface area contributed by atoms with Gasteiger partial charge in [-0.25, -0.2) is 13.2 Å². The van der Waals surface area contributed by atoms with Gasteiger partial charge in [0.1, 0.15) is 23.5 Å². The first kappa shape index (κ1) is 21.1. The molecule has 0 bridgehead atoms. The summed E-state index contributed by atoms with van der Waals surface area (Å²) >= 11 is 5.66. The fourth-order valence-electron chi connectivity index (χ4n) is 3.20. The molecule has 0 unspecified atom stereocenters. The summed E-state index contributed by atoms with van der Waals surface area (Å²) in [4.78, 5) is 26.3. The first-order valence-corrected chi connectivity index (χ1v) is 9.30. The molecule has 2 aromatic carbocycles. The van der Waals surface area contributed by atoms with Gasteiger partial charge in [0.25, 0.3) is 5.91 Å². The van der Waals surface area contributed by atoms with Crippen molar-refractivity contribution in [1.82, 2.24) is 10.2 Å². The summed E-state index contributed by atoms with van der Waals surface area (Å²) in [5.41, 5.74) is -0.115. The van der Waals surface area contributed by atoms with Crippen molar-refractivity contribution in [3.05, 3.63) is 70.0 Å². The molecule has 2 atom stereocenters. The van der Waals surface area contributed by atoms with Crippen LogP contribution in [0.1, 0.15) is 30.1 Å². The monoisotopic (exact) mass is 426 g/mol. The molecular formula is C20H18ClF3N2O3. The molecule has 1 heterocycles. The maximum atomic E-state index is 13.9. The van der Waals surface area contributed by atoms with Crippen molar-refractivity contribution in [1.29, 1.82) is 0 Å². The minimum atomic E-state index is -1.81. The van der Waals surface area contributed by atoms with Crippen LogP contribution in [0.4, 0.5) is 13.2 Å². The summed E-state index contributed by atoms with van der Waals surface area (Å²) in [5.74, 6) is -3.72. The SMILES string of the molecule is O=C(N[C@H]1CCCN(Cc2ccc(F)cc2F)C1=O)[C@@H](O)c1ccc(Cl)cc1F. The van der Waals surface area contributed by atoms with E-state index in [1.807, 2.05) is 0 Å². The Morgan fingerprint density at radius 2 is 1.97 bits per heavy atom. The second-order valence-electron chi connectivity index (χ2n) is 6.77. The highest BCUT2D eigenvalue weighted by molar-refractivity contribution is 6.30. The van der Waals surface area contributed by atoms with E-state index >= 15 is 0 Å². The summed E-state index contributed by atoms with van der Waals surface area (Å²) in [6.07, 6.45) is -0.960. The number of nitrogens with one attached hydrogen (secondary N) is 1. The fourth-order valence-corrected chi connectivity index (χ4v) is 3.36. The van der Waals surface area contributed by atoms with Crippen molar-refractivity contribution >= 4 is 23.4 Å². The Hall–Kier alpha value is -2.58. The quantitative estimate of drug-likeness (QED) is 0.772. The molecule has 0 saturated carbocycles. The Labute approximate surface area is 170 Å². The number of rotatable bonds is 5. The molecule has 1 aliphatic rings. The minimum Gasteiger partial charge on any atom is -0.378 e. The zero-order chi connectivity index (χ0) is 21.1. The number of halogens is 4. The van der Waals surface area contributed by atoms with Gasteiger partial charge >= 0.3 is 0 Å². The zero-order valence-electron chi connectivity index (χ0n) is 15.2. The lowest BCUT2D eigenvalue weighted by atomic mass is 10.0. The summed E-state index contributed by atoms with van der Waals surface area (Å²) < 4.78 is 40.8. The van der Waals surface area contributed by atoms with E-state index in [0.29, 0.717) is 19.4 Å². The lowest BCUT2D eigenvalue weighted by molar-refractivity contribution is -0.141. The van der Waals surface area contributed by atoms with Crippen LogP contribution >= 0.6 is 11.6 Å². The van der Waals surface area contributed by atoms with Gasteiger partial charge in [0.15, 0.2) is 6.10 Å². The molecule has 2 amide bonds. The number of aliphatic hydroxyl groups excluding tert-OH is 1. The number of aliphatic hydroxyl groups is 1. The predicted molar refractivity (Wildman–Crippen MR) is 99.3 cm³/mol. The average Bonchev–Trinajstić information content (AvgIpc) is 2.66. The van der Waals surface area contributed by atoms with Crippen molar-refractivity contribution in [3.8, 4) is 0 Å². The highest BCUT2D eigenvalue weighted by atomic mass is 35.5. The number of hydrogen-bond acceptors (Lipinski definition) is 3. The second-order valence-corrected chi connectivity index (χ2v) is 7.20. The van der Waals surface area contributed by atoms with Gasteiger partial charge in [0, 0.05) is 35.3 Å². The summed E-state index contributed by atoms with van der Waals surface area (Å²) in [7, 11) is 0. The molecule has 1 saturated heterocycles. The van der Waals surface area contributed by atoms with Crippen LogP contribution in [0.15, 0.2) is 36.4 Å². The van der Waals surface area contributed by atoms with Crippen LogP contribution in [0.5, 0.6) is 0 Å². The molecule has 1 aliphatic heterocycles. The number of benzene rings is 2. The molecule has 0 spiro atoms. The molecule has 3 rings (SSSR count). The molecule has 9 heteroatoms. The smallest absolute Gasteiger partial charge is 0.254 e. The summed E-state index contributed by atoms with van der Waals surface area (Å²) in [6.45, 7) is 0.266. The predicted octanol–water partition coefficient (Wildman–Crippen LogP) is 3.10. The maximum Gasteiger partial charge on any atom is 0.254 e. The highest BCUT2D eigenvalue weighted by Gasteiger charge is 2.32. The summed E-state index contributed by atoms with van der Waals surface area (Å²) in [6, 6.07) is 5.65. The van der Waals surface area contributed by atoms with E-state index in [0.717, 1.165) is 18.2 Å².